The Hall–Kier alpha value is 1.67. The number of alkyl halides is 2. The van der Waals surface area contributed by atoms with Crippen molar-refractivity contribution in [1.82, 2.24) is 0 Å². The van der Waals surface area contributed by atoms with Gasteiger partial charge in [-0.1, -0.05) is 0 Å². The molecule has 0 saturated heterocycles. The van der Waals surface area contributed by atoms with Crippen LogP contribution < -0.4 is 0 Å². The molecule has 1 atom stereocenters. The molecule has 0 radical (unpaired) electrons. The van der Waals surface area contributed by atoms with Crippen LogP contribution in [0.5, 0.6) is 0 Å². The average molecular weight is 260 g/mol. The maximum Gasteiger partial charge on any atom is 0.341 e. The molecular formula is C4H7Cl5Si. The van der Waals surface area contributed by atoms with E-state index in [1.165, 1.54) is 0 Å². The minimum atomic E-state index is -2.46. The Kier molecular flexibility index (Phi) is 6.23. The Balaban J connectivity index is 3.36. The molecule has 0 aromatic rings. The lowest BCUT2D eigenvalue weighted by Crippen LogP contribution is -2.12. The first kappa shape index (κ1) is 11.7. The zero-order valence-corrected chi connectivity index (χ0v) is 9.87. The van der Waals surface area contributed by atoms with Crippen molar-refractivity contribution in [3.05, 3.63) is 0 Å². The molecule has 0 aromatic heterocycles. The quantitative estimate of drug-likeness (QED) is 0.409. The van der Waals surface area contributed by atoms with Gasteiger partial charge in [0.2, 0.25) is 0 Å². The second-order valence-corrected chi connectivity index (χ2v) is 12.1. The second kappa shape index (κ2) is 5.34. The molecule has 0 fully saturated rings. The van der Waals surface area contributed by atoms with Crippen molar-refractivity contribution < 1.29 is 0 Å². The van der Waals surface area contributed by atoms with Crippen molar-refractivity contribution in [3.8, 4) is 0 Å². The van der Waals surface area contributed by atoms with Crippen LogP contribution in [0.25, 0.3) is 0 Å². The van der Waals surface area contributed by atoms with Gasteiger partial charge in [-0.05, 0) is 12.5 Å². The van der Waals surface area contributed by atoms with E-state index in [0.717, 1.165) is 0 Å². The molecule has 0 rings (SSSR count). The fourth-order valence-corrected chi connectivity index (χ4v) is 2.50. The van der Waals surface area contributed by atoms with Crippen LogP contribution in [-0.4, -0.2) is 17.3 Å². The lowest BCUT2D eigenvalue weighted by molar-refractivity contribution is 0.895. The summed E-state index contributed by atoms with van der Waals surface area (Å²) in [6.45, 7) is 0. The SMILES string of the molecule is ClCC(Cl)CC[Si](Cl)(Cl)Cl. The Morgan fingerprint density at radius 3 is 2.00 bits per heavy atom. The predicted octanol–water partition coefficient (Wildman–Crippen LogP) is 3.88. The van der Waals surface area contributed by atoms with E-state index in [1.54, 1.807) is 0 Å². The van der Waals surface area contributed by atoms with Crippen LogP contribution in [0.15, 0.2) is 0 Å². The second-order valence-electron chi connectivity index (χ2n) is 1.91. The van der Waals surface area contributed by atoms with E-state index in [0.29, 0.717) is 18.3 Å². The van der Waals surface area contributed by atoms with Crippen molar-refractivity contribution in [2.45, 2.75) is 17.8 Å². The van der Waals surface area contributed by atoms with E-state index < -0.39 is 6.00 Å². The molecule has 0 spiro atoms. The minimum Gasteiger partial charge on any atom is -0.126 e. The molecule has 0 heterocycles. The van der Waals surface area contributed by atoms with Crippen LogP contribution in [0.4, 0.5) is 0 Å². The maximum atomic E-state index is 5.69. The fourth-order valence-electron chi connectivity index (χ4n) is 0.397. The third-order valence-electron chi connectivity index (χ3n) is 0.908. The van der Waals surface area contributed by atoms with Crippen molar-refractivity contribution >= 4 is 62.4 Å². The Morgan fingerprint density at radius 1 is 1.20 bits per heavy atom. The zero-order chi connectivity index (χ0) is 8.20. The first-order valence-electron chi connectivity index (χ1n) is 2.72. The highest BCUT2D eigenvalue weighted by Gasteiger charge is 2.25. The number of hydrogen-bond donors (Lipinski definition) is 0. The molecule has 0 nitrogen and oxygen atoms in total. The molecule has 0 aliphatic rings. The van der Waals surface area contributed by atoms with Gasteiger partial charge in [-0.25, -0.2) is 0 Å². The molecule has 0 aliphatic heterocycles. The van der Waals surface area contributed by atoms with Crippen molar-refractivity contribution in [3.63, 3.8) is 0 Å². The molecule has 0 amide bonds. The highest BCUT2D eigenvalue weighted by Crippen LogP contribution is 2.28. The van der Waals surface area contributed by atoms with E-state index in [4.69, 9.17) is 56.4 Å². The molecule has 10 heavy (non-hydrogen) atoms. The smallest absolute Gasteiger partial charge is 0.126 e. The largest absolute Gasteiger partial charge is 0.341 e. The monoisotopic (exact) mass is 258 g/mol. The van der Waals surface area contributed by atoms with E-state index in [9.17, 15) is 0 Å². The van der Waals surface area contributed by atoms with Crippen LogP contribution in [-0.2, 0) is 0 Å². The normalized spacial score (nSPS) is 15.3. The van der Waals surface area contributed by atoms with Crippen LogP contribution in [0, 0.1) is 0 Å². The summed E-state index contributed by atoms with van der Waals surface area (Å²) in [4.78, 5) is 0. The van der Waals surface area contributed by atoms with Gasteiger partial charge in [0, 0.05) is 11.3 Å². The highest BCUT2D eigenvalue weighted by molar-refractivity contribution is 7.64. The molecule has 62 valence electrons. The summed E-state index contributed by atoms with van der Waals surface area (Å²) in [7, 11) is 0. The van der Waals surface area contributed by atoms with Gasteiger partial charge in [0.15, 0.2) is 0 Å². The van der Waals surface area contributed by atoms with E-state index in [-0.39, 0.29) is 5.38 Å². The van der Waals surface area contributed by atoms with Gasteiger partial charge in [0.25, 0.3) is 0 Å². The van der Waals surface area contributed by atoms with Crippen molar-refractivity contribution in [2.75, 3.05) is 5.88 Å². The molecule has 0 N–H and O–H groups in total. The molecule has 0 saturated carbocycles. The van der Waals surface area contributed by atoms with Crippen LogP contribution in [0.3, 0.4) is 0 Å². The first-order chi connectivity index (χ1) is 4.45. The van der Waals surface area contributed by atoms with Gasteiger partial charge in [0.05, 0.1) is 0 Å². The Morgan fingerprint density at radius 2 is 1.70 bits per heavy atom. The third-order valence-corrected chi connectivity index (χ3v) is 4.37. The van der Waals surface area contributed by atoms with Gasteiger partial charge < -0.3 is 0 Å². The number of hydrogen-bond acceptors (Lipinski definition) is 0. The highest BCUT2D eigenvalue weighted by atomic mass is 35.8. The van der Waals surface area contributed by atoms with E-state index in [2.05, 4.69) is 0 Å². The molecule has 0 aliphatic carbocycles. The Labute approximate surface area is 85.8 Å². The molecule has 0 bridgehead atoms. The van der Waals surface area contributed by atoms with Gasteiger partial charge in [-0.2, -0.15) is 0 Å². The summed E-state index contributed by atoms with van der Waals surface area (Å²) in [5.74, 6) is 0.413. The lowest BCUT2D eigenvalue weighted by atomic mass is 10.4. The summed E-state index contributed by atoms with van der Waals surface area (Å²) in [6.07, 6.45) is 0.688. The van der Waals surface area contributed by atoms with Gasteiger partial charge in [-0.15, -0.1) is 56.4 Å². The van der Waals surface area contributed by atoms with E-state index in [1.807, 2.05) is 0 Å². The number of rotatable bonds is 4. The van der Waals surface area contributed by atoms with E-state index >= 15 is 0 Å². The van der Waals surface area contributed by atoms with Crippen molar-refractivity contribution in [1.29, 1.82) is 0 Å². The summed E-state index contributed by atoms with van der Waals surface area (Å²) in [5.41, 5.74) is 0. The van der Waals surface area contributed by atoms with Gasteiger partial charge in [0.1, 0.15) is 0 Å². The average Bonchev–Trinajstić information content (AvgIpc) is 1.81. The lowest BCUT2D eigenvalue weighted by Gasteiger charge is -2.08. The first-order valence-corrected chi connectivity index (χ1v) is 8.94. The standard InChI is InChI=1S/C4H7Cl5Si/c5-3-4(6)1-2-10(7,8)9/h4H,1-3H2. The summed E-state index contributed by atoms with van der Waals surface area (Å²) in [5, 5.41) is -0.0650. The summed E-state index contributed by atoms with van der Waals surface area (Å²) >= 11 is 27.9. The fraction of sp³-hybridized carbons (Fsp3) is 1.00. The predicted molar refractivity (Wildman–Crippen MR) is 53.1 cm³/mol. The van der Waals surface area contributed by atoms with Crippen molar-refractivity contribution in [2.24, 2.45) is 0 Å². The van der Waals surface area contributed by atoms with Gasteiger partial charge >= 0.3 is 6.00 Å². The third kappa shape index (κ3) is 7.77. The molecule has 6 heteroatoms. The van der Waals surface area contributed by atoms with Crippen LogP contribution >= 0.6 is 56.4 Å². The molecule has 1 unspecified atom stereocenters. The molecular weight excluding hydrogens is 253 g/mol. The summed E-state index contributed by atoms with van der Waals surface area (Å²) in [6, 6.07) is -1.88. The minimum absolute atomic E-state index is 0.0650. The number of halogens is 5. The van der Waals surface area contributed by atoms with Crippen LogP contribution in [0.1, 0.15) is 6.42 Å². The topological polar surface area (TPSA) is 0 Å². The Bertz CT molecular complexity index is 90.1. The molecule has 0 aromatic carbocycles. The maximum absolute atomic E-state index is 5.69. The summed E-state index contributed by atoms with van der Waals surface area (Å²) < 4.78 is 0. The van der Waals surface area contributed by atoms with Gasteiger partial charge in [-0.3, -0.25) is 0 Å². The zero-order valence-electron chi connectivity index (χ0n) is 5.09. The van der Waals surface area contributed by atoms with Crippen LogP contribution in [0.2, 0.25) is 6.04 Å².